The van der Waals surface area contributed by atoms with Crippen LogP contribution in [-0.2, 0) is 22.6 Å². The van der Waals surface area contributed by atoms with Crippen LogP contribution in [0.25, 0.3) is 0 Å². The van der Waals surface area contributed by atoms with E-state index in [1.807, 2.05) is 61.5 Å². The van der Waals surface area contributed by atoms with Crippen LogP contribution in [0.3, 0.4) is 0 Å². The molecule has 0 unspecified atom stereocenters. The normalized spacial score (nSPS) is 11.5. The Hall–Kier alpha value is -3.19. The zero-order chi connectivity index (χ0) is 23.6. The standard InChI is InChI=1S/C26H26BrFN2O3/c1-2-29-26(32)24(16-19-6-4-3-5-7-19)30(17-20-8-10-21(27)11-9-20)25(31)18-33-23-14-12-22(28)13-15-23/h3-15,24H,2,16-18H2,1H3,(H,29,32)/t24-/m1/s1. The smallest absolute Gasteiger partial charge is 0.261 e. The van der Waals surface area contributed by atoms with Crippen LogP contribution >= 0.6 is 15.9 Å². The van der Waals surface area contributed by atoms with Crippen molar-refractivity contribution in [1.82, 2.24) is 10.2 Å². The van der Waals surface area contributed by atoms with Crippen molar-refractivity contribution in [2.24, 2.45) is 0 Å². The summed E-state index contributed by atoms with van der Waals surface area (Å²) < 4.78 is 19.7. The fourth-order valence-corrected chi connectivity index (χ4v) is 3.66. The molecule has 1 atom stereocenters. The Kier molecular flexibility index (Phi) is 9.01. The lowest BCUT2D eigenvalue weighted by molar-refractivity contribution is -0.142. The molecule has 0 saturated carbocycles. The number of amides is 2. The zero-order valence-electron chi connectivity index (χ0n) is 18.3. The number of carbonyl (C=O) groups is 2. The van der Waals surface area contributed by atoms with Crippen molar-refractivity contribution in [2.75, 3.05) is 13.2 Å². The van der Waals surface area contributed by atoms with E-state index in [-0.39, 0.29) is 30.8 Å². The van der Waals surface area contributed by atoms with Crippen molar-refractivity contribution in [3.8, 4) is 5.75 Å². The predicted octanol–water partition coefficient (Wildman–Crippen LogP) is 4.74. The fourth-order valence-electron chi connectivity index (χ4n) is 3.39. The first-order valence-corrected chi connectivity index (χ1v) is 11.5. The molecule has 0 aliphatic rings. The SMILES string of the molecule is CCNC(=O)[C@@H](Cc1ccccc1)N(Cc1ccc(Br)cc1)C(=O)COc1ccc(F)cc1. The third-order valence-electron chi connectivity index (χ3n) is 5.06. The molecule has 172 valence electrons. The van der Waals surface area contributed by atoms with Crippen molar-refractivity contribution < 1.29 is 18.7 Å². The average molecular weight is 513 g/mol. The monoisotopic (exact) mass is 512 g/mol. The summed E-state index contributed by atoms with van der Waals surface area (Å²) in [6.07, 6.45) is 0.367. The van der Waals surface area contributed by atoms with Gasteiger partial charge in [-0.2, -0.15) is 0 Å². The van der Waals surface area contributed by atoms with Gasteiger partial charge in [0.2, 0.25) is 5.91 Å². The molecule has 0 aliphatic heterocycles. The van der Waals surface area contributed by atoms with Crippen LogP contribution in [0.2, 0.25) is 0 Å². The summed E-state index contributed by atoms with van der Waals surface area (Å²) >= 11 is 3.42. The van der Waals surface area contributed by atoms with Gasteiger partial charge in [-0.3, -0.25) is 9.59 Å². The molecule has 0 spiro atoms. The van der Waals surface area contributed by atoms with E-state index in [4.69, 9.17) is 4.74 Å². The highest BCUT2D eigenvalue weighted by Gasteiger charge is 2.30. The molecule has 1 N–H and O–H groups in total. The molecule has 0 aromatic heterocycles. The summed E-state index contributed by atoms with van der Waals surface area (Å²) in [5, 5.41) is 2.85. The van der Waals surface area contributed by atoms with Crippen molar-refractivity contribution in [2.45, 2.75) is 25.9 Å². The summed E-state index contributed by atoms with van der Waals surface area (Å²) in [6.45, 7) is 2.27. The summed E-state index contributed by atoms with van der Waals surface area (Å²) in [7, 11) is 0. The van der Waals surface area contributed by atoms with Crippen LogP contribution < -0.4 is 10.1 Å². The quantitative estimate of drug-likeness (QED) is 0.426. The summed E-state index contributed by atoms with van der Waals surface area (Å²) in [4.78, 5) is 27.9. The molecule has 3 rings (SSSR count). The molecule has 0 saturated heterocycles. The maximum Gasteiger partial charge on any atom is 0.261 e. The van der Waals surface area contributed by atoms with E-state index < -0.39 is 6.04 Å². The van der Waals surface area contributed by atoms with Gasteiger partial charge in [-0.05, 0) is 54.4 Å². The van der Waals surface area contributed by atoms with E-state index in [9.17, 15) is 14.0 Å². The summed E-state index contributed by atoms with van der Waals surface area (Å²) in [5.41, 5.74) is 1.83. The minimum absolute atomic E-state index is 0.228. The number of hydrogen-bond acceptors (Lipinski definition) is 3. The van der Waals surface area contributed by atoms with Gasteiger partial charge in [0, 0.05) is 24.0 Å². The molecule has 2 amide bonds. The maximum atomic E-state index is 13.3. The van der Waals surface area contributed by atoms with Gasteiger partial charge in [0.05, 0.1) is 0 Å². The van der Waals surface area contributed by atoms with Gasteiger partial charge in [0.25, 0.3) is 5.91 Å². The van der Waals surface area contributed by atoms with E-state index in [2.05, 4.69) is 21.2 Å². The highest BCUT2D eigenvalue weighted by Crippen LogP contribution is 2.18. The number of rotatable bonds is 10. The van der Waals surface area contributed by atoms with E-state index in [1.54, 1.807) is 4.90 Å². The van der Waals surface area contributed by atoms with Gasteiger partial charge in [0.15, 0.2) is 6.61 Å². The van der Waals surface area contributed by atoms with Crippen molar-refractivity contribution in [3.05, 3.63) is 100 Å². The number of nitrogens with zero attached hydrogens (tertiary/aromatic N) is 1. The molecule has 33 heavy (non-hydrogen) atoms. The maximum absolute atomic E-state index is 13.3. The molecule has 0 radical (unpaired) electrons. The Morgan fingerprint density at radius 2 is 1.64 bits per heavy atom. The number of hydrogen-bond donors (Lipinski definition) is 1. The zero-order valence-corrected chi connectivity index (χ0v) is 19.9. The Morgan fingerprint density at radius 1 is 0.970 bits per heavy atom. The molecule has 0 bridgehead atoms. The first-order chi connectivity index (χ1) is 16.0. The Morgan fingerprint density at radius 3 is 2.27 bits per heavy atom. The van der Waals surface area contributed by atoms with Crippen molar-refractivity contribution in [3.63, 3.8) is 0 Å². The summed E-state index contributed by atoms with van der Waals surface area (Å²) in [5.74, 6) is -0.571. The van der Waals surface area contributed by atoms with E-state index in [0.29, 0.717) is 18.7 Å². The third kappa shape index (κ3) is 7.43. The minimum atomic E-state index is -0.722. The number of ether oxygens (including phenoxy) is 1. The Balaban J connectivity index is 1.87. The van der Waals surface area contributed by atoms with E-state index >= 15 is 0 Å². The number of halogens is 2. The number of carbonyl (C=O) groups excluding carboxylic acids is 2. The molecular formula is C26H26BrFN2O3. The highest BCUT2D eigenvalue weighted by molar-refractivity contribution is 9.10. The van der Waals surface area contributed by atoms with Crippen LogP contribution in [0.15, 0.2) is 83.3 Å². The van der Waals surface area contributed by atoms with Gasteiger partial charge in [0.1, 0.15) is 17.6 Å². The number of likely N-dealkylation sites (N-methyl/N-ethyl adjacent to an activating group) is 1. The lowest BCUT2D eigenvalue weighted by Crippen LogP contribution is -2.51. The van der Waals surface area contributed by atoms with E-state index in [1.165, 1.54) is 24.3 Å². The van der Waals surface area contributed by atoms with Gasteiger partial charge in [-0.1, -0.05) is 58.4 Å². The van der Waals surface area contributed by atoms with Gasteiger partial charge >= 0.3 is 0 Å². The molecule has 3 aromatic carbocycles. The largest absolute Gasteiger partial charge is 0.484 e. The summed E-state index contributed by atoms with van der Waals surface area (Å²) in [6, 6.07) is 21.9. The second-order valence-electron chi connectivity index (χ2n) is 7.49. The topological polar surface area (TPSA) is 58.6 Å². The van der Waals surface area contributed by atoms with Crippen LogP contribution in [0.4, 0.5) is 4.39 Å². The van der Waals surface area contributed by atoms with Gasteiger partial charge < -0.3 is 15.0 Å². The predicted molar refractivity (Wildman–Crippen MR) is 129 cm³/mol. The molecule has 7 heteroatoms. The van der Waals surface area contributed by atoms with Gasteiger partial charge in [-0.25, -0.2) is 4.39 Å². The molecular weight excluding hydrogens is 487 g/mol. The van der Waals surface area contributed by atoms with Crippen LogP contribution in [0, 0.1) is 5.82 Å². The minimum Gasteiger partial charge on any atom is -0.484 e. The van der Waals surface area contributed by atoms with Gasteiger partial charge in [-0.15, -0.1) is 0 Å². The highest BCUT2D eigenvalue weighted by atomic mass is 79.9. The van der Waals surface area contributed by atoms with Crippen molar-refractivity contribution in [1.29, 1.82) is 0 Å². The van der Waals surface area contributed by atoms with E-state index in [0.717, 1.165) is 15.6 Å². The molecule has 0 fully saturated rings. The number of nitrogens with one attached hydrogen (secondary N) is 1. The van der Waals surface area contributed by atoms with Crippen LogP contribution in [0.1, 0.15) is 18.1 Å². The van der Waals surface area contributed by atoms with Crippen molar-refractivity contribution >= 4 is 27.7 Å². The second-order valence-corrected chi connectivity index (χ2v) is 8.41. The lowest BCUT2D eigenvalue weighted by Gasteiger charge is -2.31. The van der Waals surface area contributed by atoms with Crippen LogP contribution in [-0.4, -0.2) is 35.9 Å². The average Bonchev–Trinajstić information content (AvgIpc) is 2.82. The Labute approximate surface area is 201 Å². The molecule has 0 aliphatic carbocycles. The Bertz CT molecular complexity index is 1040. The van der Waals surface area contributed by atoms with Crippen LogP contribution in [0.5, 0.6) is 5.75 Å². The molecule has 0 heterocycles. The molecule has 3 aromatic rings. The number of benzene rings is 3. The first kappa shape index (κ1) is 24.5. The third-order valence-corrected chi connectivity index (χ3v) is 5.59. The second kappa shape index (κ2) is 12.2. The first-order valence-electron chi connectivity index (χ1n) is 10.7. The molecule has 5 nitrogen and oxygen atoms in total. The lowest BCUT2D eigenvalue weighted by atomic mass is 10.0. The fraction of sp³-hybridized carbons (Fsp3) is 0.231.